The van der Waals surface area contributed by atoms with Crippen molar-refractivity contribution in [3.05, 3.63) is 0 Å². The molecule has 0 bridgehead atoms. The van der Waals surface area contributed by atoms with Crippen molar-refractivity contribution in [3.63, 3.8) is 0 Å². The van der Waals surface area contributed by atoms with Gasteiger partial charge in [0.2, 0.25) is 0 Å². The Morgan fingerprint density at radius 1 is 1.31 bits per heavy atom. The highest BCUT2D eigenvalue weighted by Crippen LogP contribution is 2.36. The van der Waals surface area contributed by atoms with E-state index in [1.165, 1.54) is 19.3 Å². The summed E-state index contributed by atoms with van der Waals surface area (Å²) >= 11 is 0. The molecule has 4 nitrogen and oxygen atoms in total. The minimum absolute atomic E-state index is 0.212. The molecule has 1 atom stereocenters. The van der Waals surface area contributed by atoms with Crippen LogP contribution in [0.1, 0.15) is 45.4 Å². The summed E-state index contributed by atoms with van der Waals surface area (Å²) < 4.78 is 10.7. The Kier molecular flexibility index (Phi) is 5.16. The van der Waals surface area contributed by atoms with E-state index >= 15 is 0 Å². The van der Waals surface area contributed by atoms with Gasteiger partial charge >= 0.3 is 7.60 Å². The summed E-state index contributed by atoms with van der Waals surface area (Å²) in [5.74, 6) is 0.0686. The molecule has 1 unspecified atom stereocenters. The van der Waals surface area contributed by atoms with Gasteiger partial charge in [-0.1, -0.05) is 39.0 Å². The Balaban J connectivity index is 2.35. The molecule has 0 saturated heterocycles. The molecule has 1 aliphatic carbocycles. The van der Waals surface area contributed by atoms with Gasteiger partial charge in [-0.25, -0.2) is 0 Å². The van der Waals surface area contributed by atoms with Gasteiger partial charge in [-0.15, -0.1) is 0 Å². The molecule has 1 fully saturated rings. The lowest BCUT2D eigenvalue weighted by molar-refractivity contribution is -0.120. The Morgan fingerprint density at radius 2 is 1.88 bits per heavy atom. The van der Waals surface area contributed by atoms with E-state index in [2.05, 4.69) is 0 Å². The molecule has 1 rings (SSSR count). The first kappa shape index (κ1) is 13.9. The average molecular weight is 248 g/mol. The van der Waals surface area contributed by atoms with E-state index in [0.717, 1.165) is 19.3 Å². The van der Waals surface area contributed by atoms with Crippen molar-refractivity contribution in [1.29, 1.82) is 0 Å². The molecule has 0 aromatic heterocycles. The molecule has 0 heterocycles. The maximum atomic E-state index is 11.5. The zero-order chi connectivity index (χ0) is 12.2. The summed E-state index contributed by atoms with van der Waals surface area (Å²) in [5, 5.41) is 0. The van der Waals surface area contributed by atoms with Crippen LogP contribution in [0.25, 0.3) is 0 Å². The van der Waals surface area contributed by atoms with Gasteiger partial charge in [-0.05, 0) is 12.3 Å². The predicted molar refractivity (Wildman–Crippen MR) is 62.3 cm³/mol. The fourth-order valence-corrected chi connectivity index (χ4v) is 3.13. The minimum Gasteiger partial charge on any atom is -0.324 e. The fraction of sp³-hybridized carbons (Fsp3) is 0.909. The van der Waals surface area contributed by atoms with Gasteiger partial charge in [0.05, 0.1) is 0 Å². The summed E-state index contributed by atoms with van der Waals surface area (Å²) in [7, 11) is -4.18. The third-order valence-corrected chi connectivity index (χ3v) is 4.05. The summed E-state index contributed by atoms with van der Waals surface area (Å²) in [5.41, 5.74) is 0. The fourth-order valence-electron chi connectivity index (χ4n) is 2.41. The van der Waals surface area contributed by atoms with Crippen LogP contribution < -0.4 is 0 Å². The largest absolute Gasteiger partial charge is 0.332 e. The number of rotatable bonds is 5. The Labute approximate surface area is 96.6 Å². The summed E-state index contributed by atoms with van der Waals surface area (Å²) in [6.07, 6.45) is 6.25. The molecular formula is C11H21O4P. The number of carbonyl (C=O) groups is 1. The van der Waals surface area contributed by atoms with Crippen LogP contribution in [-0.2, 0) is 9.36 Å². The molecule has 0 amide bonds. The first-order chi connectivity index (χ1) is 7.38. The van der Waals surface area contributed by atoms with Crippen molar-refractivity contribution >= 4 is 13.4 Å². The monoisotopic (exact) mass is 248 g/mol. The van der Waals surface area contributed by atoms with Crippen LogP contribution in [0, 0.1) is 11.8 Å². The van der Waals surface area contributed by atoms with Gasteiger partial charge in [-0.3, -0.25) is 9.36 Å². The molecule has 0 aromatic rings. The Hall–Kier alpha value is -0.180. The third-order valence-electron chi connectivity index (χ3n) is 3.32. The molecule has 0 radical (unpaired) electrons. The number of Topliss-reactive ketones (excluding diaryl/α,β-unsaturated/α-hetero) is 1. The predicted octanol–water partition coefficient (Wildman–Crippen LogP) is 2.34. The second-order valence-corrected chi connectivity index (χ2v) is 6.58. The minimum atomic E-state index is -4.18. The lowest BCUT2D eigenvalue weighted by atomic mass is 9.82. The second kappa shape index (κ2) is 5.95. The highest BCUT2D eigenvalue weighted by molar-refractivity contribution is 7.52. The zero-order valence-corrected chi connectivity index (χ0v) is 10.7. The van der Waals surface area contributed by atoms with Crippen molar-refractivity contribution in [3.8, 4) is 0 Å². The van der Waals surface area contributed by atoms with Crippen LogP contribution in [0.2, 0.25) is 0 Å². The van der Waals surface area contributed by atoms with Gasteiger partial charge in [0, 0.05) is 5.92 Å². The van der Waals surface area contributed by atoms with E-state index in [1.54, 1.807) is 6.92 Å². The highest BCUT2D eigenvalue weighted by atomic mass is 31.2. The molecule has 2 N–H and O–H groups in total. The van der Waals surface area contributed by atoms with Gasteiger partial charge < -0.3 is 9.79 Å². The van der Waals surface area contributed by atoms with Crippen LogP contribution in [0.4, 0.5) is 0 Å². The third kappa shape index (κ3) is 5.24. The highest BCUT2D eigenvalue weighted by Gasteiger charge is 2.26. The standard InChI is InChI=1S/C11H21O4P/c1-9(11(12)8-16(13,14)15)7-10-5-3-2-4-6-10/h9-10H,2-8H2,1H3,(H2,13,14,15). The SMILES string of the molecule is CC(CC1CCCCC1)C(=O)CP(=O)(O)O. The summed E-state index contributed by atoms with van der Waals surface area (Å²) in [6.45, 7) is 1.78. The van der Waals surface area contributed by atoms with Crippen LogP contribution in [0.15, 0.2) is 0 Å². The zero-order valence-electron chi connectivity index (χ0n) is 9.76. The first-order valence-electron chi connectivity index (χ1n) is 5.96. The van der Waals surface area contributed by atoms with Crippen LogP contribution in [-0.4, -0.2) is 21.7 Å². The molecule has 16 heavy (non-hydrogen) atoms. The van der Waals surface area contributed by atoms with E-state index < -0.39 is 13.8 Å². The lowest BCUT2D eigenvalue weighted by Crippen LogP contribution is -2.20. The van der Waals surface area contributed by atoms with E-state index in [1.807, 2.05) is 0 Å². The van der Waals surface area contributed by atoms with Gasteiger partial charge in [0.1, 0.15) is 11.9 Å². The molecule has 5 heteroatoms. The molecular weight excluding hydrogens is 227 g/mol. The quantitative estimate of drug-likeness (QED) is 0.732. The maximum absolute atomic E-state index is 11.5. The molecule has 0 aliphatic heterocycles. The maximum Gasteiger partial charge on any atom is 0.332 e. The smallest absolute Gasteiger partial charge is 0.324 e. The van der Waals surface area contributed by atoms with Crippen LogP contribution >= 0.6 is 7.60 Å². The first-order valence-corrected chi connectivity index (χ1v) is 7.75. The van der Waals surface area contributed by atoms with Crippen LogP contribution in [0.3, 0.4) is 0 Å². The molecule has 1 aliphatic rings. The Morgan fingerprint density at radius 3 is 2.38 bits per heavy atom. The average Bonchev–Trinajstić information content (AvgIpc) is 2.16. The van der Waals surface area contributed by atoms with Crippen molar-refractivity contribution in [2.75, 3.05) is 6.16 Å². The van der Waals surface area contributed by atoms with E-state index in [9.17, 15) is 9.36 Å². The number of carbonyl (C=O) groups excluding carboxylic acids is 1. The Bertz CT molecular complexity index is 278. The van der Waals surface area contributed by atoms with Crippen molar-refractivity contribution in [2.45, 2.75) is 45.4 Å². The van der Waals surface area contributed by atoms with E-state index in [0.29, 0.717) is 5.92 Å². The van der Waals surface area contributed by atoms with Crippen molar-refractivity contribution < 1.29 is 19.1 Å². The van der Waals surface area contributed by atoms with Crippen LogP contribution in [0.5, 0.6) is 0 Å². The number of ketones is 1. The normalized spacial score (nSPS) is 20.7. The molecule has 1 saturated carbocycles. The van der Waals surface area contributed by atoms with Gasteiger partial charge in [-0.2, -0.15) is 0 Å². The van der Waals surface area contributed by atoms with E-state index in [4.69, 9.17) is 9.79 Å². The van der Waals surface area contributed by atoms with Crippen molar-refractivity contribution in [2.24, 2.45) is 11.8 Å². The second-order valence-electron chi connectivity index (χ2n) is 4.93. The molecule has 94 valence electrons. The topological polar surface area (TPSA) is 74.6 Å². The number of hydrogen-bond acceptors (Lipinski definition) is 2. The van der Waals surface area contributed by atoms with Crippen molar-refractivity contribution in [1.82, 2.24) is 0 Å². The summed E-state index contributed by atoms with van der Waals surface area (Å²) in [4.78, 5) is 29.0. The van der Waals surface area contributed by atoms with E-state index in [-0.39, 0.29) is 11.7 Å². The number of hydrogen-bond donors (Lipinski definition) is 2. The molecule has 0 aromatic carbocycles. The summed E-state index contributed by atoms with van der Waals surface area (Å²) in [6, 6.07) is 0. The van der Waals surface area contributed by atoms with Gasteiger partial charge in [0.15, 0.2) is 0 Å². The molecule has 0 spiro atoms. The lowest BCUT2D eigenvalue weighted by Gasteiger charge is -2.24. The van der Waals surface area contributed by atoms with Gasteiger partial charge in [0.25, 0.3) is 0 Å².